The van der Waals surface area contributed by atoms with Crippen molar-refractivity contribution in [2.45, 2.75) is 0 Å². The van der Waals surface area contributed by atoms with Crippen molar-refractivity contribution in [3.63, 3.8) is 0 Å². The fraction of sp³-hybridized carbons (Fsp3) is 1.00. The zero-order chi connectivity index (χ0) is 5.33. The van der Waals surface area contributed by atoms with Crippen LogP contribution in [0.1, 0.15) is 0 Å². The zero-order valence-corrected chi connectivity index (χ0v) is 4.56. The van der Waals surface area contributed by atoms with Gasteiger partial charge in [0.05, 0.1) is 6.16 Å². The molecule has 1 fully saturated rings. The van der Waals surface area contributed by atoms with Gasteiger partial charge in [-0.2, -0.15) is 0 Å². The highest BCUT2D eigenvalue weighted by molar-refractivity contribution is 7.57. The van der Waals surface area contributed by atoms with E-state index in [2.05, 4.69) is 9.35 Å². The molecule has 0 bridgehead atoms. The Bertz CT molecular complexity index is 106. The first-order chi connectivity index (χ1) is 3.27. The van der Waals surface area contributed by atoms with Crippen LogP contribution in [0, 0.1) is 0 Å². The van der Waals surface area contributed by atoms with Crippen molar-refractivity contribution in [1.82, 2.24) is 0 Å². The maximum atomic E-state index is 10.4. The molecule has 4 nitrogen and oxygen atoms in total. The van der Waals surface area contributed by atoms with Crippen LogP contribution in [0.25, 0.3) is 0 Å². The van der Waals surface area contributed by atoms with Gasteiger partial charge in [0.1, 0.15) is 0 Å². The standard InChI is InChI=1S/C2H6NO3P/c3-1-2-7(4)5-6-7/h1-3H2. The Hall–Kier alpha value is 0.110. The normalized spacial score (nSPS) is 24.7. The lowest BCUT2D eigenvalue weighted by molar-refractivity contribution is 0.0850. The van der Waals surface area contributed by atoms with Crippen molar-refractivity contribution in [2.75, 3.05) is 12.7 Å². The lowest BCUT2D eigenvalue weighted by atomic mass is 10.8. The van der Waals surface area contributed by atoms with E-state index in [1.165, 1.54) is 0 Å². The van der Waals surface area contributed by atoms with Gasteiger partial charge in [0, 0.05) is 6.54 Å². The molecule has 2 N–H and O–H groups in total. The summed E-state index contributed by atoms with van der Waals surface area (Å²) in [5.74, 6) is 0. The van der Waals surface area contributed by atoms with Gasteiger partial charge in [-0.05, 0) is 0 Å². The Morgan fingerprint density at radius 3 is 2.29 bits per heavy atom. The van der Waals surface area contributed by atoms with Crippen LogP contribution in [0.4, 0.5) is 0 Å². The van der Waals surface area contributed by atoms with Gasteiger partial charge in [0.15, 0.2) is 0 Å². The Labute approximate surface area is 41.1 Å². The minimum Gasteiger partial charge on any atom is -0.330 e. The van der Waals surface area contributed by atoms with Crippen LogP contribution in [-0.2, 0) is 13.9 Å². The molecule has 1 aliphatic heterocycles. The lowest BCUT2D eigenvalue weighted by Gasteiger charge is -1.78. The van der Waals surface area contributed by atoms with Gasteiger partial charge in [-0.25, -0.2) is 0 Å². The Kier molecular flexibility index (Phi) is 1.17. The summed E-state index contributed by atoms with van der Waals surface area (Å²) in [5.41, 5.74) is 5.02. The van der Waals surface area contributed by atoms with Crippen LogP contribution in [0.2, 0.25) is 0 Å². The van der Waals surface area contributed by atoms with Crippen molar-refractivity contribution in [2.24, 2.45) is 5.73 Å². The second-order valence-electron chi connectivity index (χ2n) is 1.27. The van der Waals surface area contributed by atoms with Gasteiger partial charge in [0.25, 0.3) is 0 Å². The molecule has 0 aromatic rings. The molecule has 0 unspecified atom stereocenters. The molecule has 1 aliphatic rings. The first kappa shape index (κ1) is 5.25. The molecular weight excluding hydrogens is 117 g/mol. The third kappa shape index (κ3) is 1.24. The minimum absolute atomic E-state index is 0.340. The van der Waals surface area contributed by atoms with E-state index in [4.69, 9.17) is 5.73 Å². The molecule has 0 atom stereocenters. The van der Waals surface area contributed by atoms with Gasteiger partial charge in [0.2, 0.25) is 0 Å². The van der Waals surface area contributed by atoms with Gasteiger partial charge in [-0.3, -0.25) is 4.57 Å². The molecule has 1 saturated heterocycles. The lowest BCUT2D eigenvalue weighted by Crippen LogP contribution is -2.00. The van der Waals surface area contributed by atoms with Crippen molar-refractivity contribution in [3.05, 3.63) is 0 Å². The van der Waals surface area contributed by atoms with E-state index < -0.39 is 7.60 Å². The quantitative estimate of drug-likeness (QED) is 0.321. The van der Waals surface area contributed by atoms with E-state index in [0.29, 0.717) is 12.7 Å². The van der Waals surface area contributed by atoms with Crippen LogP contribution in [-0.4, -0.2) is 12.7 Å². The predicted molar refractivity (Wildman–Crippen MR) is 23.7 cm³/mol. The summed E-state index contributed by atoms with van der Waals surface area (Å²) in [6, 6.07) is 0. The average Bonchev–Trinajstić information content (AvgIpc) is 2.22. The highest BCUT2D eigenvalue weighted by atomic mass is 31.2. The van der Waals surface area contributed by atoms with Crippen LogP contribution in [0.3, 0.4) is 0 Å². The molecule has 0 aromatic carbocycles. The summed E-state index contributed by atoms with van der Waals surface area (Å²) in [6.45, 7) is 0.358. The molecule has 0 spiro atoms. The van der Waals surface area contributed by atoms with Crippen molar-refractivity contribution in [1.29, 1.82) is 0 Å². The number of hydrogen-bond acceptors (Lipinski definition) is 4. The van der Waals surface area contributed by atoms with E-state index in [1.807, 2.05) is 0 Å². The smallest absolute Gasteiger partial charge is 0.330 e. The maximum Gasteiger partial charge on any atom is 0.386 e. The molecule has 5 heteroatoms. The molecule has 1 rings (SSSR count). The summed E-state index contributed by atoms with van der Waals surface area (Å²) < 4.78 is 18.6. The van der Waals surface area contributed by atoms with Gasteiger partial charge in [-0.1, -0.05) is 0 Å². The van der Waals surface area contributed by atoms with Crippen molar-refractivity contribution >= 4 is 7.60 Å². The average molecular weight is 123 g/mol. The Balaban J connectivity index is 2.27. The van der Waals surface area contributed by atoms with Crippen LogP contribution >= 0.6 is 7.60 Å². The molecule has 0 aliphatic carbocycles. The SMILES string of the molecule is NCCP1(=O)OO1. The minimum atomic E-state index is -2.54. The summed E-state index contributed by atoms with van der Waals surface area (Å²) in [4.78, 5) is 0. The fourth-order valence-corrected chi connectivity index (χ4v) is 1.03. The molecule has 0 saturated carbocycles. The summed E-state index contributed by atoms with van der Waals surface area (Å²) in [5, 5.41) is 0. The summed E-state index contributed by atoms with van der Waals surface area (Å²) in [6.07, 6.45) is 0.340. The predicted octanol–water partition coefficient (Wildman–Crippen LogP) is 0.1000. The zero-order valence-electron chi connectivity index (χ0n) is 3.66. The third-order valence-corrected chi connectivity index (χ3v) is 1.93. The Morgan fingerprint density at radius 1 is 1.57 bits per heavy atom. The topological polar surface area (TPSA) is 68.2 Å². The van der Waals surface area contributed by atoms with Gasteiger partial charge in [-0.15, -0.1) is 9.35 Å². The monoisotopic (exact) mass is 123 g/mol. The van der Waals surface area contributed by atoms with Crippen molar-refractivity contribution in [3.8, 4) is 0 Å². The van der Waals surface area contributed by atoms with E-state index >= 15 is 0 Å². The second kappa shape index (κ2) is 1.56. The summed E-state index contributed by atoms with van der Waals surface area (Å²) >= 11 is 0. The van der Waals surface area contributed by atoms with Crippen LogP contribution in [0.5, 0.6) is 0 Å². The third-order valence-electron chi connectivity index (χ3n) is 0.644. The van der Waals surface area contributed by atoms with Crippen molar-refractivity contribution < 1.29 is 13.9 Å². The molecular formula is C2H6NO3P. The van der Waals surface area contributed by atoms with Crippen LogP contribution < -0.4 is 5.73 Å². The van der Waals surface area contributed by atoms with E-state index in [9.17, 15) is 4.57 Å². The number of rotatable bonds is 2. The van der Waals surface area contributed by atoms with E-state index in [0.717, 1.165) is 0 Å². The van der Waals surface area contributed by atoms with Crippen LogP contribution in [0.15, 0.2) is 0 Å². The molecule has 0 radical (unpaired) electrons. The molecule has 7 heavy (non-hydrogen) atoms. The number of hydrogen-bond donors (Lipinski definition) is 1. The van der Waals surface area contributed by atoms with Gasteiger partial charge < -0.3 is 5.73 Å². The van der Waals surface area contributed by atoms with E-state index in [-0.39, 0.29) is 0 Å². The highest BCUT2D eigenvalue weighted by Crippen LogP contribution is 2.63. The first-order valence-corrected chi connectivity index (χ1v) is 3.67. The summed E-state index contributed by atoms with van der Waals surface area (Å²) in [7, 11) is -2.54. The second-order valence-corrected chi connectivity index (χ2v) is 3.24. The van der Waals surface area contributed by atoms with E-state index in [1.54, 1.807) is 0 Å². The Morgan fingerprint density at radius 2 is 2.14 bits per heavy atom. The molecule has 1 heterocycles. The molecule has 0 amide bonds. The fourth-order valence-electron chi connectivity index (χ4n) is 0.270. The first-order valence-electron chi connectivity index (χ1n) is 1.94. The highest BCUT2D eigenvalue weighted by Gasteiger charge is 2.41. The molecule has 0 aromatic heterocycles. The maximum absolute atomic E-state index is 10.4. The van der Waals surface area contributed by atoms with Gasteiger partial charge >= 0.3 is 7.60 Å². The molecule has 42 valence electrons. The largest absolute Gasteiger partial charge is 0.386 e. The number of nitrogens with two attached hydrogens (primary N) is 1.